The zero-order chi connectivity index (χ0) is 22.7. The molecule has 0 atom stereocenters. The van der Waals surface area contributed by atoms with Crippen molar-refractivity contribution < 1.29 is 23.1 Å². The van der Waals surface area contributed by atoms with Crippen LogP contribution in [-0.2, 0) is 9.59 Å². The lowest BCUT2D eigenvalue weighted by Crippen LogP contribution is -2.21. The van der Waals surface area contributed by atoms with Crippen LogP contribution in [0.5, 0.6) is 11.5 Å². The number of aromatic nitrogens is 2. The molecule has 0 radical (unpaired) electrons. The summed E-state index contributed by atoms with van der Waals surface area (Å²) in [7, 11) is 0. The molecule has 0 aliphatic carbocycles. The van der Waals surface area contributed by atoms with Crippen molar-refractivity contribution in [2.45, 2.75) is 13.3 Å². The van der Waals surface area contributed by atoms with Crippen molar-refractivity contribution in [3.05, 3.63) is 78.1 Å². The molecule has 0 fully saturated rings. The number of hydrogen-bond acceptors (Lipinski definition) is 4. The minimum atomic E-state index is -0.685. The van der Waals surface area contributed by atoms with E-state index in [1.54, 1.807) is 31.5 Å². The Morgan fingerprint density at radius 3 is 2.59 bits per heavy atom. The first kappa shape index (κ1) is 21.0. The highest BCUT2D eigenvalue weighted by Gasteiger charge is 2.14. The molecule has 3 N–H and O–H groups in total. The number of halogens is 2. The lowest BCUT2D eigenvalue weighted by molar-refractivity contribution is -0.123. The van der Waals surface area contributed by atoms with Crippen LogP contribution in [0.25, 0.3) is 11.0 Å². The van der Waals surface area contributed by atoms with Crippen molar-refractivity contribution in [2.75, 3.05) is 10.6 Å². The number of amides is 2. The van der Waals surface area contributed by atoms with Crippen LogP contribution in [0.1, 0.15) is 12.0 Å². The zero-order valence-electron chi connectivity index (χ0n) is 16.9. The third kappa shape index (κ3) is 4.72. The Hall–Kier alpha value is -4.27. The van der Waals surface area contributed by atoms with Crippen LogP contribution in [0.15, 0.2) is 60.9 Å². The minimum absolute atomic E-state index is 0.0266. The summed E-state index contributed by atoms with van der Waals surface area (Å²) < 4.78 is 33.3. The number of aryl methyl sites for hydroxylation is 1. The van der Waals surface area contributed by atoms with Gasteiger partial charge in [0.05, 0.1) is 5.39 Å². The van der Waals surface area contributed by atoms with E-state index in [-0.39, 0.29) is 11.4 Å². The number of H-pyrrole nitrogens is 1. The molecule has 32 heavy (non-hydrogen) atoms. The Bertz CT molecular complexity index is 1320. The summed E-state index contributed by atoms with van der Waals surface area (Å²) in [6.45, 7) is 1.64. The summed E-state index contributed by atoms with van der Waals surface area (Å²) in [4.78, 5) is 31.3. The zero-order valence-corrected chi connectivity index (χ0v) is 16.9. The molecule has 2 aromatic carbocycles. The van der Waals surface area contributed by atoms with Gasteiger partial charge in [0.2, 0.25) is 11.8 Å². The largest absolute Gasteiger partial charge is 0.453 e. The molecule has 9 heteroatoms. The van der Waals surface area contributed by atoms with Gasteiger partial charge in [0, 0.05) is 29.8 Å². The van der Waals surface area contributed by atoms with E-state index in [0.29, 0.717) is 28.0 Å². The second-order valence-corrected chi connectivity index (χ2v) is 7.03. The molecule has 0 aliphatic rings. The third-order valence-electron chi connectivity index (χ3n) is 4.64. The van der Waals surface area contributed by atoms with Gasteiger partial charge in [0.15, 0.2) is 11.6 Å². The number of hydrogen-bond donors (Lipinski definition) is 3. The van der Waals surface area contributed by atoms with Gasteiger partial charge in [-0.1, -0.05) is 0 Å². The average molecular weight is 436 g/mol. The fourth-order valence-electron chi connectivity index (χ4n) is 3.12. The van der Waals surface area contributed by atoms with Crippen molar-refractivity contribution in [1.29, 1.82) is 0 Å². The lowest BCUT2D eigenvalue weighted by atomic mass is 10.2. The van der Waals surface area contributed by atoms with Crippen LogP contribution in [0.4, 0.5) is 20.2 Å². The number of pyridine rings is 1. The molecule has 0 bridgehead atoms. The van der Waals surface area contributed by atoms with E-state index < -0.39 is 29.9 Å². The van der Waals surface area contributed by atoms with Crippen molar-refractivity contribution in [3.63, 3.8) is 0 Å². The highest BCUT2D eigenvalue weighted by molar-refractivity contribution is 6.08. The van der Waals surface area contributed by atoms with Crippen molar-refractivity contribution in [1.82, 2.24) is 9.97 Å². The predicted molar refractivity (Wildman–Crippen MR) is 116 cm³/mol. The van der Waals surface area contributed by atoms with Gasteiger partial charge >= 0.3 is 0 Å². The van der Waals surface area contributed by atoms with E-state index in [1.165, 1.54) is 30.3 Å². The highest BCUT2D eigenvalue weighted by atomic mass is 19.1. The standard InChI is InChI=1S/C23H18F2N4O3/c1-13-10-14(24)2-4-18(13)29-22(31)12-21(30)28-15-3-5-20(17(25)11-15)32-19-7-9-27-23-16(19)6-8-26-23/h2-11H,12H2,1H3,(H,26,27)(H,28,30)(H,29,31). The monoisotopic (exact) mass is 436 g/mol. The maximum atomic E-state index is 14.5. The van der Waals surface area contributed by atoms with E-state index >= 15 is 0 Å². The Labute approximate surface area is 181 Å². The summed E-state index contributed by atoms with van der Waals surface area (Å²) in [6.07, 6.45) is 2.76. The average Bonchev–Trinajstić information content (AvgIpc) is 3.22. The van der Waals surface area contributed by atoms with Crippen LogP contribution in [0.3, 0.4) is 0 Å². The number of nitrogens with one attached hydrogen (secondary N) is 3. The number of carbonyl (C=O) groups is 2. The van der Waals surface area contributed by atoms with Gasteiger partial charge in [0.1, 0.15) is 23.6 Å². The third-order valence-corrected chi connectivity index (χ3v) is 4.64. The second-order valence-electron chi connectivity index (χ2n) is 7.03. The fourth-order valence-corrected chi connectivity index (χ4v) is 3.12. The first-order chi connectivity index (χ1) is 15.4. The van der Waals surface area contributed by atoms with Crippen LogP contribution in [0.2, 0.25) is 0 Å². The quantitative estimate of drug-likeness (QED) is 0.374. The van der Waals surface area contributed by atoms with Crippen LogP contribution < -0.4 is 15.4 Å². The number of fused-ring (bicyclic) bond motifs is 1. The van der Waals surface area contributed by atoms with Crippen molar-refractivity contribution in [2.24, 2.45) is 0 Å². The first-order valence-electron chi connectivity index (χ1n) is 9.64. The number of aromatic amines is 1. The first-order valence-corrected chi connectivity index (χ1v) is 9.64. The molecule has 2 aromatic heterocycles. The Morgan fingerprint density at radius 1 is 1.00 bits per heavy atom. The molecule has 2 amide bonds. The van der Waals surface area contributed by atoms with Crippen LogP contribution in [-0.4, -0.2) is 21.8 Å². The predicted octanol–water partition coefficient (Wildman–Crippen LogP) is 4.91. The molecule has 4 aromatic rings. The smallest absolute Gasteiger partial charge is 0.233 e. The molecule has 4 rings (SSSR count). The number of benzene rings is 2. The minimum Gasteiger partial charge on any atom is -0.453 e. The van der Waals surface area contributed by atoms with Gasteiger partial charge in [-0.05, 0) is 55.0 Å². The summed E-state index contributed by atoms with van der Waals surface area (Å²) in [5.74, 6) is -1.91. The van der Waals surface area contributed by atoms with Gasteiger partial charge in [-0.25, -0.2) is 13.8 Å². The van der Waals surface area contributed by atoms with Crippen molar-refractivity contribution >= 4 is 34.2 Å². The fraction of sp³-hybridized carbons (Fsp3) is 0.0870. The molecular weight excluding hydrogens is 418 g/mol. The number of nitrogens with zero attached hydrogens (tertiary/aromatic N) is 1. The molecule has 0 saturated carbocycles. The van der Waals surface area contributed by atoms with Gasteiger partial charge in [-0.3, -0.25) is 9.59 Å². The molecule has 162 valence electrons. The maximum absolute atomic E-state index is 14.5. The molecule has 0 spiro atoms. The number of carbonyl (C=O) groups excluding carboxylic acids is 2. The molecule has 2 heterocycles. The van der Waals surface area contributed by atoms with E-state index in [4.69, 9.17) is 4.74 Å². The van der Waals surface area contributed by atoms with E-state index in [0.717, 1.165) is 6.07 Å². The van der Waals surface area contributed by atoms with Crippen molar-refractivity contribution in [3.8, 4) is 11.5 Å². The molecule has 0 aliphatic heterocycles. The summed E-state index contributed by atoms with van der Waals surface area (Å²) >= 11 is 0. The molecule has 0 saturated heterocycles. The number of ether oxygens (including phenoxy) is 1. The van der Waals surface area contributed by atoms with E-state index in [2.05, 4.69) is 20.6 Å². The second kappa shape index (κ2) is 8.84. The van der Waals surface area contributed by atoms with Gasteiger partial charge < -0.3 is 20.4 Å². The summed E-state index contributed by atoms with van der Waals surface area (Å²) in [5.41, 5.74) is 1.72. The molecular formula is C23H18F2N4O3. The van der Waals surface area contributed by atoms with Gasteiger partial charge in [-0.15, -0.1) is 0 Å². The summed E-state index contributed by atoms with van der Waals surface area (Å²) in [6, 6.07) is 11.2. The highest BCUT2D eigenvalue weighted by Crippen LogP contribution is 2.31. The van der Waals surface area contributed by atoms with E-state index in [1.807, 2.05) is 0 Å². The topological polar surface area (TPSA) is 96.1 Å². The van der Waals surface area contributed by atoms with Gasteiger partial charge in [0.25, 0.3) is 0 Å². The molecule has 7 nitrogen and oxygen atoms in total. The molecule has 0 unspecified atom stereocenters. The Balaban J connectivity index is 1.38. The number of rotatable bonds is 6. The summed E-state index contributed by atoms with van der Waals surface area (Å²) in [5, 5.41) is 5.72. The Morgan fingerprint density at radius 2 is 1.81 bits per heavy atom. The lowest BCUT2D eigenvalue weighted by Gasteiger charge is -2.11. The number of anilines is 2. The van der Waals surface area contributed by atoms with Gasteiger partial charge in [-0.2, -0.15) is 0 Å². The van der Waals surface area contributed by atoms with E-state index in [9.17, 15) is 18.4 Å². The van der Waals surface area contributed by atoms with Crippen LogP contribution in [0, 0.1) is 18.6 Å². The normalized spacial score (nSPS) is 10.7. The SMILES string of the molecule is Cc1cc(F)ccc1NC(=O)CC(=O)Nc1ccc(Oc2ccnc3[nH]ccc23)c(F)c1. The van der Waals surface area contributed by atoms with Crippen LogP contribution >= 0.6 is 0 Å². The maximum Gasteiger partial charge on any atom is 0.233 e. The Kier molecular flexibility index (Phi) is 5.80.